The normalized spacial score (nSPS) is 26.0. The number of aromatic hydroxyl groups is 1. The Kier molecular flexibility index (Phi) is 4.65. The van der Waals surface area contributed by atoms with Crippen molar-refractivity contribution in [1.29, 1.82) is 0 Å². The molecule has 1 spiro atoms. The molecular weight excluding hydrogens is 322 g/mol. The lowest BCUT2D eigenvalue weighted by Gasteiger charge is -2.34. The summed E-state index contributed by atoms with van der Waals surface area (Å²) < 4.78 is 0. The van der Waals surface area contributed by atoms with Crippen LogP contribution in [-0.2, 0) is 9.59 Å². The van der Waals surface area contributed by atoms with Crippen molar-refractivity contribution in [2.24, 2.45) is 5.92 Å². The first-order valence-corrected chi connectivity index (χ1v) is 8.67. The zero-order valence-corrected chi connectivity index (χ0v) is 14.2. The van der Waals surface area contributed by atoms with Crippen molar-refractivity contribution in [3.8, 4) is 5.75 Å². The van der Waals surface area contributed by atoms with Gasteiger partial charge in [0.1, 0.15) is 17.8 Å². The summed E-state index contributed by atoms with van der Waals surface area (Å²) in [4.78, 5) is 38.1. The molecule has 1 aromatic rings. The van der Waals surface area contributed by atoms with Gasteiger partial charge in [-0.1, -0.05) is 25.5 Å². The van der Waals surface area contributed by atoms with Gasteiger partial charge in [0.05, 0.1) is 5.69 Å². The van der Waals surface area contributed by atoms with Gasteiger partial charge in [-0.15, -0.1) is 0 Å². The Morgan fingerprint density at radius 3 is 2.64 bits per heavy atom. The lowest BCUT2D eigenvalue weighted by Crippen LogP contribution is -2.49. The number of benzene rings is 1. The van der Waals surface area contributed by atoms with E-state index in [0.29, 0.717) is 18.8 Å². The van der Waals surface area contributed by atoms with Crippen molar-refractivity contribution in [2.75, 3.05) is 11.9 Å². The Morgan fingerprint density at radius 1 is 1.32 bits per heavy atom. The molecule has 1 saturated heterocycles. The highest BCUT2D eigenvalue weighted by Gasteiger charge is 2.52. The van der Waals surface area contributed by atoms with E-state index in [1.54, 1.807) is 18.2 Å². The Balaban J connectivity index is 1.65. The Hall–Kier alpha value is -2.57. The molecule has 0 bridgehead atoms. The van der Waals surface area contributed by atoms with Crippen LogP contribution < -0.4 is 10.6 Å². The molecule has 134 valence electrons. The SMILES string of the molecule is CCC1CCC2(CC1)NC(=O)N(CC(=O)Nc1ccccc1O)C2=O. The van der Waals surface area contributed by atoms with Gasteiger partial charge in [0.15, 0.2) is 0 Å². The molecule has 1 saturated carbocycles. The van der Waals surface area contributed by atoms with Crippen molar-refractivity contribution < 1.29 is 19.5 Å². The lowest BCUT2D eigenvalue weighted by atomic mass is 9.75. The number of phenolic OH excluding ortho intramolecular Hbond substituents is 1. The van der Waals surface area contributed by atoms with Gasteiger partial charge < -0.3 is 15.7 Å². The summed E-state index contributed by atoms with van der Waals surface area (Å²) in [5.74, 6) is -0.320. The number of anilines is 1. The van der Waals surface area contributed by atoms with E-state index in [4.69, 9.17) is 0 Å². The zero-order chi connectivity index (χ0) is 18.0. The summed E-state index contributed by atoms with van der Waals surface area (Å²) in [5.41, 5.74) is -0.601. The fourth-order valence-corrected chi connectivity index (χ4v) is 3.65. The highest BCUT2D eigenvalue weighted by atomic mass is 16.3. The second-order valence-corrected chi connectivity index (χ2v) is 6.82. The van der Waals surface area contributed by atoms with Gasteiger partial charge in [-0.05, 0) is 43.7 Å². The van der Waals surface area contributed by atoms with Crippen LogP contribution >= 0.6 is 0 Å². The van der Waals surface area contributed by atoms with E-state index in [1.165, 1.54) is 6.07 Å². The molecule has 3 N–H and O–H groups in total. The maximum atomic E-state index is 12.8. The van der Waals surface area contributed by atoms with Gasteiger partial charge in [0.2, 0.25) is 5.91 Å². The molecule has 0 atom stereocenters. The van der Waals surface area contributed by atoms with Gasteiger partial charge in [0, 0.05) is 0 Å². The van der Waals surface area contributed by atoms with Gasteiger partial charge in [0.25, 0.3) is 5.91 Å². The molecule has 25 heavy (non-hydrogen) atoms. The highest BCUT2D eigenvalue weighted by Crippen LogP contribution is 2.37. The molecule has 4 amide bonds. The van der Waals surface area contributed by atoms with E-state index in [-0.39, 0.29) is 23.9 Å². The minimum Gasteiger partial charge on any atom is -0.506 e. The van der Waals surface area contributed by atoms with Crippen molar-refractivity contribution in [1.82, 2.24) is 10.2 Å². The minimum absolute atomic E-state index is 0.0672. The molecule has 7 heteroatoms. The summed E-state index contributed by atoms with van der Waals surface area (Å²) in [5, 5.41) is 15.0. The molecule has 3 rings (SSSR count). The number of phenols is 1. The van der Waals surface area contributed by atoms with Crippen LogP contribution in [0.5, 0.6) is 5.75 Å². The van der Waals surface area contributed by atoms with E-state index in [0.717, 1.165) is 24.2 Å². The fourth-order valence-electron chi connectivity index (χ4n) is 3.65. The largest absolute Gasteiger partial charge is 0.506 e. The Labute approximate surface area is 146 Å². The summed E-state index contributed by atoms with van der Waals surface area (Å²) >= 11 is 0. The summed E-state index contributed by atoms with van der Waals surface area (Å²) in [6.45, 7) is 1.77. The van der Waals surface area contributed by atoms with Crippen molar-refractivity contribution in [3.05, 3.63) is 24.3 Å². The third kappa shape index (κ3) is 3.31. The Morgan fingerprint density at radius 2 is 2.00 bits per heavy atom. The van der Waals surface area contributed by atoms with E-state index in [9.17, 15) is 19.5 Å². The third-order valence-corrected chi connectivity index (χ3v) is 5.26. The third-order valence-electron chi connectivity index (χ3n) is 5.26. The van der Waals surface area contributed by atoms with Crippen LogP contribution in [-0.4, -0.2) is 39.9 Å². The second kappa shape index (κ2) is 6.74. The van der Waals surface area contributed by atoms with E-state index in [2.05, 4.69) is 17.6 Å². The molecule has 0 radical (unpaired) electrons. The summed E-state index contributed by atoms with van der Waals surface area (Å²) in [6, 6.07) is 5.78. The van der Waals surface area contributed by atoms with Crippen LogP contribution in [0.3, 0.4) is 0 Å². The maximum Gasteiger partial charge on any atom is 0.325 e. The van der Waals surface area contributed by atoms with Crippen LogP contribution in [0, 0.1) is 5.92 Å². The number of carbonyl (C=O) groups excluding carboxylic acids is 3. The first-order chi connectivity index (χ1) is 11.9. The number of amides is 4. The van der Waals surface area contributed by atoms with Crippen LogP contribution in [0.4, 0.5) is 10.5 Å². The second-order valence-electron chi connectivity index (χ2n) is 6.82. The summed E-state index contributed by atoms with van der Waals surface area (Å²) in [7, 11) is 0. The molecule has 0 aromatic heterocycles. The van der Waals surface area contributed by atoms with E-state index >= 15 is 0 Å². The molecule has 1 aromatic carbocycles. The topological polar surface area (TPSA) is 98.7 Å². The van der Waals surface area contributed by atoms with Crippen molar-refractivity contribution in [2.45, 2.75) is 44.6 Å². The number of carbonyl (C=O) groups is 3. The average molecular weight is 345 g/mol. The van der Waals surface area contributed by atoms with Gasteiger partial charge in [-0.3, -0.25) is 14.5 Å². The number of hydrogen-bond acceptors (Lipinski definition) is 4. The van der Waals surface area contributed by atoms with E-state index in [1.807, 2.05) is 0 Å². The maximum absolute atomic E-state index is 12.8. The lowest BCUT2D eigenvalue weighted by molar-refractivity contribution is -0.135. The molecule has 2 fully saturated rings. The predicted octanol–water partition coefficient (Wildman–Crippen LogP) is 2.22. The summed E-state index contributed by atoms with van der Waals surface area (Å²) in [6.07, 6.45) is 4.12. The van der Waals surface area contributed by atoms with Crippen LogP contribution in [0.2, 0.25) is 0 Å². The van der Waals surface area contributed by atoms with Gasteiger partial charge in [-0.25, -0.2) is 4.79 Å². The van der Waals surface area contributed by atoms with Gasteiger partial charge >= 0.3 is 6.03 Å². The van der Waals surface area contributed by atoms with Crippen LogP contribution in [0.25, 0.3) is 0 Å². The molecule has 1 aliphatic heterocycles. The first kappa shape index (κ1) is 17.3. The van der Waals surface area contributed by atoms with Crippen LogP contribution in [0.1, 0.15) is 39.0 Å². The first-order valence-electron chi connectivity index (χ1n) is 8.67. The number of imide groups is 1. The molecule has 0 unspecified atom stereocenters. The van der Waals surface area contributed by atoms with Crippen LogP contribution in [0.15, 0.2) is 24.3 Å². The molecule has 7 nitrogen and oxygen atoms in total. The average Bonchev–Trinajstić information content (AvgIpc) is 2.82. The molecular formula is C18H23N3O4. The van der Waals surface area contributed by atoms with Crippen molar-refractivity contribution in [3.63, 3.8) is 0 Å². The fraction of sp³-hybridized carbons (Fsp3) is 0.500. The molecule has 2 aliphatic rings. The number of urea groups is 1. The minimum atomic E-state index is -0.849. The standard InChI is InChI=1S/C18H23N3O4/c1-2-12-7-9-18(10-8-12)16(24)21(17(25)20-18)11-15(23)19-13-5-3-4-6-14(13)22/h3-6,12,22H,2,7-11H2,1H3,(H,19,23)(H,20,25). The van der Waals surface area contributed by atoms with Gasteiger partial charge in [-0.2, -0.15) is 0 Å². The quantitative estimate of drug-likeness (QED) is 0.575. The zero-order valence-electron chi connectivity index (χ0n) is 14.2. The predicted molar refractivity (Wildman–Crippen MR) is 92.0 cm³/mol. The number of nitrogens with zero attached hydrogens (tertiary/aromatic N) is 1. The number of rotatable bonds is 4. The molecule has 1 aliphatic carbocycles. The monoisotopic (exact) mass is 345 g/mol. The number of hydrogen-bond donors (Lipinski definition) is 3. The Bertz CT molecular complexity index is 695. The number of para-hydroxylation sites is 2. The highest BCUT2D eigenvalue weighted by molar-refractivity contribution is 6.10. The van der Waals surface area contributed by atoms with E-state index < -0.39 is 17.5 Å². The molecule has 1 heterocycles. The van der Waals surface area contributed by atoms with Crippen molar-refractivity contribution >= 4 is 23.5 Å². The smallest absolute Gasteiger partial charge is 0.325 e. The number of nitrogens with one attached hydrogen (secondary N) is 2.